The van der Waals surface area contributed by atoms with Crippen LogP contribution in [0.3, 0.4) is 0 Å². The minimum Gasteiger partial charge on any atom is -0.329 e. The Morgan fingerprint density at radius 1 is 1.06 bits per heavy atom. The van der Waals surface area contributed by atoms with Crippen LogP contribution in [0.5, 0.6) is 0 Å². The van der Waals surface area contributed by atoms with Gasteiger partial charge in [-0.25, -0.2) is 0 Å². The molecule has 0 aromatic heterocycles. The predicted octanol–water partition coefficient (Wildman–Crippen LogP) is 3.52. The summed E-state index contributed by atoms with van der Waals surface area (Å²) in [6, 6.07) is 0. The molecule has 0 saturated heterocycles. The van der Waals surface area contributed by atoms with Crippen molar-refractivity contribution in [1.29, 1.82) is 0 Å². The van der Waals surface area contributed by atoms with Gasteiger partial charge in [-0.3, -0.25) is 0 Å². The summed E-state index contributed by atoms with van der Waals surface area (Å²) in [5, 5.41) is 3.81. The molecule has 2 heteroatoms. The maximum absolute atomic E-state index is 6.08. The van der Waals surface area contributed by atoms with Gasteiger partial charge in [-0.05, 0) is 45.1 Å². The average Bonchev–Trinajstić information content (AvgIpc) is 2.85. The molecule has 0 spiro atoms. The van der Waals surface area contributed by atoms with E-state index in [2.05, 4.69) is 11.4 Å². The largest absolute Gasteiger partial charge is 0.329 e. The van der Waals surface area contributed by atoms with Crippen LogP contribution in [0.1, 0.15) is 70.6 Å². The van der Waals surface area contributed by atoms with Gasteiger partial charge in [-0.2, -0.15) is 0 Å². The van der Waals surface area contributed by atoms with E-state index in [0.717, 1.165) is 13.1 Å². The van der Waals surface area contributed by atoms with Gasteiger partial charge < -0.3 is 11.1 Å². The van der Waals surface area contributed by atoms with Crippen molar-refractivity contribution in [3.63, 3.8) is 0 Å². The molecule has 1 saturated carbocycles. The second kappa shape index (κ2) is 7.30. The first-order valence-electron chi connectivity index (χ1n) is 7.98. The zero-order valence-electron chi connectivity index (χ0n) is 11.8. The molecule has 2 aliphatic rings. The second-order valence-electron chi connectivity index (χ2n) is 6.18. The summed E-state index contributed by atoms with van der Waals surface area (Å²) < 4.78 is 0. The third-order valence-electron chi connectivity index (χ3n) is 4.78. The molecule has 0 aromatic carbocycles. The van der Waals surface area contributed by atoms with Crippen LogP contribution < -0.4 is 11.1 Å². The van der Waals surface area contributed by atoms with Crippen LogP contribution in [-0.2, 0) is 0 Å². The van der Waals surface area contributed by atoms with Crippen molar-refractivity contribution in [2.24, 2.45) is 5.73 Å². The van der Waals surface area contributed by atoms with E-state index in [9.17, 15) is 0 Å². The van der Waals surface area contributed by atoms with E-state index in [0.29, 0.717) is 0 Å². The highest BCUT2D eigenvalue weighted by atomic mass is 15.0. The average molecular weight is 250 g/mol. The lowest BCUT2D eigenvalue weighted by atomic mass is 9.84. The first kappa shape index (κ1) is 14.1. The number of nitrogens with two attached hydrogens (primary N) is 1. The summed E-state index contributed by atoms with van der Waals surface area (Å²) >= 11 is 0. The van der Waals surface area contributed by atoms with Crippen LogP contribution in [0.2, 0.25) is 0 Å². The third kappa shape index (κ3) is 4.10. The predicted molar refractivity (Wildman–Crippen MR) is 78.7 cm³/mol. The lowest BCUT2D eigenvalue weighted by Crippen LogP contribution is -2.51. The van der Waals surface area contributed by atoms with Crippen LogP contribution in [0.4, 0.5) is 0 Å². The highest BCUT2D eigenvalue weighted by Gasteiger charge is 2.27. The first-order valence-corrected chi connectivity index (χ1v) is 7.98. The number of nitrogens with one attached hydrogen (secondary N) is 1. The monoisotopic (exact) mass is 250 g/mol. The molecule has 2 rings (SSSR count). The number of hydrogen-bond acceptors (Lipinski definition) is 2. The Balaban J connectivity index is 1.77. The van der Waals surface area contributed by atoms with Gasteiger partial charge in [0.15, 0.2) is 0 Å². The summed E-state index contributed by atoms with van der Waals surface area (Å²) in [7, 11) is 0. The van der Waals surface area contributed by atoms with Crippen molar-refractivity contribution < 1.29 is 0 Å². The molecule has 0 atom stereocenters. The minimum absolute atomic E-state index is 0.250. The second-order valence-corrected chi connectivity index (χ2v) is 6.18. The smallest absolute Gasteiger partial charge is 0.0304 e. The molecule has 0 amide bonds. The van der Waals surface area contributed by atoms with Gasteiger partial charge in [0.1, 0.15) is 0 Å². The Bertz CT molecular complexity index is 262. The summed E-state index contributed by atoms with van der Waals surface area (Å²) in [4.78, 5) is 0. The minimum atomic E-state index is 0.250. The first-order chi connectivity index (χ1) is 8.85. The standard InChI is InChI=1S/C16H30N2/c17-14-16(11-6-2-1-3-7-12-16)18-13-10-15-8-4-5-9-15/h8,18H,1-7,9-14,17H2. The highest BCUT2D eigenvalue weighted by molar-refractivity contribution is 5.08. The van der Waals surface area contributed by atoms with Crippen LogP contribution >= 0.6 is 0 Å². The number of allylic oxidation sites excluding steroid dienone is 1. The van der Waals surface area contributed by atoms with E-state index in [1.165, 1.54) is 70.6 Å². The molecule has 1 fully saturated rings. The summed E-state index contributed by atoms with van der Waals surface area (Å²) in [6.07, 6.45) is 17.2. The quantitative estimate of drug-likeness (QED) is 0.733. The van der Waals surface area contributed by atoms with Crippen molar-refractivity contribution in [2.45, 2.75) is 76.2 Å². The Morgan fingerprint density at radius 2 is 1.78 bits per heavy atom. The molecule has 3 N–H and O–H groups in total. The van der Waals surface area contributed by atoms with Gasteiger partial charge >= 0.3 is 0 Å². The zero-order chi connectivity index (χ0) is 12.7. The Kier molecular flexibility index (Phi) is 5.71. The third-order valence-corrected chi connectivity index (χ3v) is 4.78. The molecule has 0 heterocycles. The lowest BCUT2D eigenvalue weighted by molar-refractivity contribution is 0.258. The van der Waals surface area contributed by atoms with Gasteiger partial charge in [-0.1, -0.05) is 43.8 Å². The van der Waals surface area contributed by atoms with E-state index < -0.39 is 0 Å². The SMILES string of the molecule is NCC1(NCCC2=CCCC2)CCCCCCC1. The van der Waals surface area contributed by atoms with Crippen molar-refractivity contribution in [3.8, 4) is 0 Å². The normalized spacial score (nSPS) is 24.4. The van der Waals surface area contributed by atoms with Gasteiger partial charge in [0, 0.05) is 12.1 Å². The maximum atomic E-state index is 6.08. The molecule has 0 unspecified atom stereocenters. The van der Waals surface area contributed by atoms with Crippen LogP contribution in [0.25, 0.3) is 0 Å². The molecule has 0 radical (unpaired) electrons. The molecule has 2 nitrogen and oxygen atoms in total. The van der Waals surface area contributed by atoms with Crippen molar-refractivity contribution in [1.82, 2.24) is 5.32 Å². The van der Waals surface area contributed by atoms with Crippen LogP contribution in [-0.4, -0.2) is 18.6 Å². The molecule has 0 bridgehead atoms. The maximum Gasteiger partial charge on any atom is 0.0304 e. The van der Waals surface area contributed by atoms with Gasteiger partial charge in [0.25, 0.3) is 0 Å². The molecule has 18 heavy (non-hydrogen) atoms. The van der Waals surface area contributed by atoms with E-state index in [-0.39, 0.29) is 5.54 Å². The van der Waals surface area contributed by atoms with E-state index in [1.807, 2.05) is 0 Å². The lowest BCUT2D eigenvalue weighted by Gasteiger charge is -2.35. The Hall–Kier alpha value is -0.340. The van der Waals surface area contributed by atoms with Gasteiger partial charge in [0.2, 0.25) is 0 Å². The summed E-state index contributed by atoms with van der Waals surface area (Å²) in [5.41, 5.74) is 7.99. The molecule has 0 aliphatic heterocycles. The summed E-state index contributed by atoms with van der Waals surface area (Å²) in [5.74, 6) is 0. The van der Waals surface area contributed by atoms with E-state index in [1.54, 1.807) is 5.57 Å². The molecule has 0 aromatic rings. The van der Waals surface area contributed by atoms with Gasteiger partial charge in [0.05, 0.1) is 0 Å². The van der Waals surface area contributed by atoms with Crippen LogP contribution in [0, 0.1) is 0 Å². The molecule has 104 valence electrons. The zero-order valence-corrected chi connectivity index (χ0v) is 11.8. The fourth-order valence-corrected chi connectivity index (χ4v) is 3.49. The van der Waals surface area contributed by atoms with E-state index >= 15 is 0 Å². The molecular weight excluding hydrogens is 220 g/mol. The number of rotatable bonds is 5. The fourth-order valence-electron chi connectivity index (χ4n) is 3.49. The van der Waals surface area contributed by atoms with Crippen molar-refractivity contribution >= 4 is 0 Å². The summed E-state index contributed by atoms with van der Waals surface area (Å²) in [6.45, 7) is 1.94. The topological polar surface area (TPSA) is 38.0 Å². The van der Waals surface area contributed by atoms with Crippen molar-refractivity contribution in [3.05, 3.63) is 11.6 Å². The van der Waals surface area contributed by atoms with Gasteiger partial charge in [-0.15, -0.1) is 0 Å². The molecule has 2 aliphatic carbocycles. The Labute approximate surface area is 112 Å². The number of hydrogen-bond donors (Lipinski definition) is 2. The molecular formula is C16H30N2. The van der Waals surface area contributed by atoms with Crippen molar-refractivity contribution in [2.75, 3.05) is 13.1 Å². The van der Waals surface area contributed by atoms with E-state index in [4.69, 9.17) is 5.73 Å². The Morgan fingerprint density at radius 3 is 2.39 bits per heavy atom. The fraction of sp³-hybridized carbons (Fsp3) is 0.875. The highest BCUT2D eigenvalue weighted by Crippen LogP contribution is 2.26. The van der Waals surface area contributed by atoms with Crippen LogP contribution in [0.15, 0.2) is 11.6 Å².